The smallest absolute Gasteiger partial charge is 0.230 e. The van der Waals surface area contributed by atoms with Gasteiger partial charge in [-0.2, -0.15) is 0 Å². The van der Waals surface area contributed by atoms with Crippen LogP contribution in [0.15, 0.2) is 11.2 Å². The predicted octanol–water partition coefficient (Wildman–Crippen LogP) is 1.13. The molecule has 7 nitrogen and oxygen atoms in total. The van der Waals surface area contributed by atoms with E-state index in [4.69, 9.17) is 16.3 Å². The molecule has 0 aliphatic carbocycles. The molecule has 24 heavy (non-hydrogen) atoms. The number of halogens is 1. The maximum absolute atomic E-state index is 11.9. The van der Waals surface area contributed by atoms with Crippen molar-refractivity contribution < 1.29 is 9.53 Å². The van der Waals surface area contributed by atoms with E-state index in [0.717, 1.165) is 45.1 Å². The molecule has 2 rings (SSSR count). The van der Waals surface area contributed by atoms with E-state index in [1.54, 1.807) is 6.07 Å². The Labute approximate surface area is 152 Å². The Hall–Kier alpha value is -1.09. The molecule has 134 valence electrons. The number of morpholine rings is 1. The third-order valence-corrected chi connectivity index (χ3v) is 4.57. The summed E-state index contributed by atoms with van der Waals surface area (Å²) < 4.78 is 5.31. The fourth-order valence-corrected chi connectivity index (χ4v) is 3.13. The van der Waals surface area contributed by atoms with Crippen LogP contribution in [0.1, 0.15) is 6.42 Å². The normalized spacial score (nSPS) is 15.3. The molecule has 1 aromatic heterocycles. The van der Waals surface area contributed by atoms with Crippen molar-refractivity contribution in [3.05, 3.63) is 11.2 Å². The number of nitrogens with zero attached hydrogens (tertiary/aromatic N) is 4. The second-order valence-corrected chi connectivity index (χ2v) is 7.00. The summed E-state index contributed by atoms with van der Waals surface area (Å²) in [4.78, 5) is 24.6. The number of aromatic nitrogens is 2. The van der Waals surface area contributed by atoms with E-state index >= 15 is 0 Å². The number of amides is 1. The lowest BCUT2D eigenvalue weighted by Gasteiger charge is -2.26. The largest absolute Gasteiger partial charge is 0.379 e. The highest BCUT2D eigenvalue weighted by Gasteiger charge is 2.11. The first-order valence-corrected chi connectivity index (χ1v) is 9.32. The number of ether oxygens (including phenoxy) is 1. The molecule has 1 aliphatic heterocycles. The quantitative estimate of drug-likeness (QED) is 0.317. The first kappa shape index (κ1) is 19.2. The Morgan fingerprint density at radius 2 is 2.17 bits per heavy atom. The van der Waals surface area contributed by atoms with Crippen LogP contribution in [0, 0.1) is 0 Å². The number of anilines is 1. The molecule has 1 aromatic rings. The van der Waals surface area contributed by atoms with Gasteiger partial charge in [0.1, 0.15) is 11.0 Å². The third kappa shape index (κ3) is 6.80. The molecular formula is C15H24ClN5O2S. The topological polar surface area (TPSA) is 70.6 Å². The third-order valence-electron chi connectivity index (χ3n) is 3.53. The SMILES string of the molecule is CN(C)c1cc(Cl)nc(SCC(=O)NCCCN2CCOCC2)n1. The van der Waals surface area contributed by atoms with Crippen molar-refractivity contribution >= 4 is 35.1 Å². The molecule has 0 spiro atoms. The minimum atomic E-state index is -0.0167. The maximum atomic E-state index is 11.9. The average Bonchev–Trinajstić information content (AvgIpc) is 2.57. The zero-order valence-corrected chi connectivity index (χ0v) is 15.7. The summed E-state index contributed by atoms with van der Waals surface area (Å²) in [5.74, 6) is 0.991. The van der Waals surface area contributed by atoms with E-state index in [2.05, 4.69) is 20.2 Å². The van der Waals surface area contributed by atoms with Crippen LogP contribution in [-0.4, -0.2) is 80.0 Å². The minimum Gasteiger partial charge on any atom is -0.379 e. The standard InChI is InChI=1S/C15H24ClN5O2S/c1-20(2)13-10-12(16)18-15(19-13)24-11-14(22)17-4-3-5-21-6-8-23-9-7-21/h10H,3-9,11H2,1-2H3,(H,17,22). The molecular weight excluding hydrogens is 350 g/mol. The van der Waals surface area contributed by atoms with Crippen LogP contribution < -0.4 is 10.2 Å². The highest BCUT2D eigenvalue weighted by Crippen LogP contribution is 2.20. The number of nitrogens with one attached hydrogen (secondary N) is 1. The molecule has 0 atom stereocenters. The molecule has 0 bridgehead atoms. The van der Waals surface area contributed by atoms with Gasteiger partial charge < -0.3 is 15.0 Å². The summed E-state index contributed by atoms with van der Waals surface area (Å²) in [7, 11) is 3.77. The molecule has 0 unspecified atom stereocenters. The van der Waals surface area contributed by atoms with Crippen molar-refractivity contribution in [2.75, 3.05) is 64.1 Å². The number of thioether (sulfide) groups is 1. The minimum absolute atomic E-state index is 0.0167. The van der Waals surface area contributed by atoms with Crippen molar-refractivity contribution in [3.8, 4) is 0 Å². The van der Waals surface area contributed by atoms with Gasteiger partial charge in [0, 0.05) is 39.8 Å². The van der Waals surface area contributed by atoms with Crippen LogP contribution in [0.5, 0.6) is 0 Å². The van der Waals surface area contributed by atoms with Crippen LogP contribution in [-0.2, 0) is 9.53 Å². The molecule has 1 amide bonds. The second kappa shape index (κ2) is 10.0. The van der Waals surface area contributed by atoms with E-state index in [1.807, 2.05) is 19.0 Å². The average molecular weight is 374 g/mol. The van der Waals surface area contributed by atoms with Crippen LogP contribution >= 0.6 is 23.4 Å². The van der Waals surface area contributed by atoms with Gasteiger partial charge in [0.15, 0.2) is 5.16 Å². The van der Waals surface area contributed by atoms with Crippen molar-refractivity contribution in [1.29, 1.82) is 0 Å². The number of hydrogen-bond donors (Lipinski definition) is 1. The van der Waals surface area contributed by atoms with Gasteiger partial charge in [-0.15, -0.1) is 0 Å². The van der Waals surface area contributed by atoms with Gasteiger partial charge in [-0.1, -0.05) is 23.4 Å². The predicted molar refractivity (Wildman–Crippen MR) is 97.0 cm³/mol. The molecule has 0 saturated carbocycles. The Kier molecular flexibility index (Phi) is 8.04. The molecule has 2 heterocycles. The van der Waals surface area contributed by atoms with E-state index in [-0.39, 0.29) is 11.7 Å². The van der Waals surface area contributed by atoms with Crippen LogP contribution in [0.3, 0.4) is 0 Å². The van der Waals surface area contributed by atoms with Gasteiger partial charge in [-0.3, -0.25) is 9.69 Å². The van der Waals surface area contributed by atoms with Gasteiger partial charge in [-0.25, -0.2) is 9.97 Å². The fraction of sp³-hybridized carbons (Fsp3) is 0.667. The summed E-state index contributed by atoms with van der Waals surface area (Å²) in [6.45, 7) is 5.22. The lowest BCUT2D eigenvalue weighted by molar-refractivity contribution is -0.118. The van der Waals surface area contributed by atoms with E-state index in [0.29, 0.717) is 16.9 Å². The first-order chi connectivity index (χ1) is 11.5. The summed E-state index contributed by atoms with van der Waals surface area (Å²) in [5, 5.41) is 3.81. The van der Waals surface area contributed by atoms with Gasteiger partial charge in [0.05, 0.1) is 19.0 Å². The van der Waals surface area contributed by atoms with Crippen LogP contribution in [0.2, 0.25) is 5.15 Å². The van der Waals surface area contributed by atoms with E-state index < -0.39 is 0 Å². The molecule has 1 fully saturated rings. The summed E-state index contributed by atoms with van der Waals surface area (Å²) in [5.41, 5.74) is 0. The highest BCUT2D eigenvalue weighted by atomic mass is 35.5. The molecule has 0 aromatic carbocycles. The van der Waals surface area contributed by atoms with Crippen molar-refractivity contribution in [2.24, 2.45) is 0 Å². The Morgan fingerprint density at radius 3 is 2.88 bits per heavy atom. The van der Waals surface area contributed by atoms with E-state index in [9.17, 15) is 4.79 Å². The van der Waals surface area contributed by atoms with Crippen molar-refractivity contribution in [1.82, 2.24) is 20.2 Å². The fourth-order valence-electron chi connectivity index (χ4n) is 2.22. The van der Waals surface area contributed by atoms with Crippen LogP contribution in [0.4, 0.5) is 5.82 Å². The molecule has 1 saturated heterocycles. The lowest BCUT2D eigenvalue weighted by Crippen LogP contribution is -2.38. The molecule has 1 aliphatic rings. The Bertz CT molecular complexity index is 541. The van der Waals surface area contributed by atoms with Crippen molar-refractivity contribution in [2.45, 2.75) is 11.6 Å². The van der Waals surface area contributed by atoms with Gasteiger partial charge in [-0.05, 0) is 13.0 Å². The summed E-state index contributed by atoms with van der Waals surface area (Å²) in [6.07, 6.45) is 0.939. The Morgan fingerprint density at radius 1 is 1.42 bits per heavy atom. The molecule has 0 radical (unpaired) electrons. The number of hydrogen-bond acceptors (Lipinski definition) is 7. The Balaban J connectivity index is 1.65. The lowest BCUT2D eigenvalue weighted by atomic mass is 10.3. The summed E-state index contributed by atoms with van der Waals surface area (Å²) in [6, 6.07) is 1.69. The molecule has 9 heteroatoms. The second-order valence-electron chi connectivity index (χ2n) is 5.67. The zero-order chi connectivity index (χ0) is 17.4. The maximum Gasteiger partial charge on any atom is 0.230 e. The number of carbonyl (C=O) groups excluding carboxylic acids is 1. The zero-order valence-electron chi connectivity index (χ0n) is 14.1. The number of rotatable bonds is 8. The summed E-state index contributed by atoms with van der Waals surface area (Å²) >= 11 is 7.27. The van der Waals surface area contributed by atoms with Crippen LogP contribution in [0.25, 0.3) is 0 Å². The molecule has 1 N–H and O–H groups in total. The van der Waals surface area contributed by atoms with Gasteiger partial charge >= 0.3 is 0 Å². The van der Waals surface area contributed by atoms with Gasteiger partial charge in [0.25, 0.3) is 0 Å². The van der Waals surface area contributed by atoms with E-state index in [1.165, 1.54) is 11.8 Å². The number of carbonyl (C=O) groups is 1. The highest BCUT2D eigenvalue weighted by molar-refractivity contribution is 7.99. The first-order valence-electron chi connectivity index (χ1n) is 7.96. The monoisotopic (exact) mass is 373 g/mol. The van der Waals surface area contributed by atoms with Gasteiger partial charge in [0.2, 0.25) is 5.91 Å². The van der Waals surface area contributed by atoms with Crippen molar-refractivity contribution in [3.63, 3.8) is 0 Å².